The molecule has 21 heavy (non-hydrogen) atoms. The fourth-order valence-electron chi connectivity index (χ4n) is 2.91. The van der Waals surface area contributed by atoms with E-state index in [4.69, 9.17) is 22.7 Å². The average molecular weight is 301 g/mol. The quantitative estimate of drug-likeness (QED) is 0.881. The number of aryl methyl sites for hydroxylation is 1. The van der Waals surface area contributed by atoms with Crippen molar-refractivity contribution < 1.29 is 4.74 Å². The lowest BCUT2D eigenvalue weighted by atomic mass is 10.0. The van der Waals surface area contributed by atoms with Crippen LogP contribution in [0.15, 0.2) is 24.5 Å². The van der Waals surface area contributed by atoms with Gasteiger partial charge in [0.05, 0.1) is 24.7 Å². The third-order valence-corrected chi connectivity index (χ3v) is 4.21. The lowest BCUT2D eigenvalue weighted by molar-refractivity contribution is 0.414. The molecule has 110 valence electrons. The van der Waals surface area contributed by atoms with Gasteiger partial charge in [-0.25, -0.2) is 4.98 Å². The van der Waals surface area contributed by atoms with Crippen molar-refractivity contribution >= 4 is 17.2 Å². The summed E-state index contributed by atoms with van der Waals surface area (Å²) < 4.78 is 7.54. The van der Waals surface area contributed by atoms with E-state index in [9.17, 15) is 0 Å². The zero-order chi connectivity index (χ0) is 14.8. The van der Waals surface area contributed by atoms with Gasteiger partial charge < -0.3 is 15.0 Å². The standard InChI is InChI=1S/C16H19N3OS/c1-20-15-7-6-11(8-12(15)16(17)21)9-19-10-18-13-4-2-3-5-14(13)19/h6-8,10H,2-5,9H2,1H3,(H2,17,21). The van der Waals surface area contributed by atoms with Gasteiger partial charge in [-0.1, -0.05) is 18.3 Å². The fraction of sp³-hybridized carbons (Fsp3) is 0.375. The molecular formula is C16H19N3OS. The SMILES string of the molecule is COc1ccc(Cn2cnc3c2CCCC3)cc1C(N)=S. The number of hydrogen-bond donors (Lipinski definition) is 1. The zero-order valence-electron chi connectivity index (χ0n) is 12.1. The molecule has 0 amide bonds. The summed E-state index contributed by atoms with van der Waals surface area (Å²) in [6.45, 7) is 0.794. The second kappa shape index (κ2) is 5.85. The zero-order valence-corrected chi connectivity index (χ0v) is 12.9. The van der Waals surface area contributed by atoms with Gasteiger partial charge in [0.15, 0.2) is 0 Å². The van der Waals surface area contributed by atoms with Crippen molar-refractivity contribution in [2.75, 3.05) is 7.11 Å². The monoisotopic (exact) mass is 301 g/mol. The average Bonchev–Trinajstić information content (AvgIpc) is 2.90. The molecule has 0 fully saturated rings. The number of rotatable bonds is 4. The van der Waals surface area contributed by atoms with Crippen molar-refractivity contribution in [3.05, 3.63) is 47.0 Å². The molecule has 0 saturated heterocycles. The van der Waals surface area contributed by atoms with E-state index >= 15 is 0 Å². The minimum atomic E-state index is 0.362. The third-order valence-electron chi connectivity index (χ3n) is 3.99. The minimum absolute atomic E-state index is 0.362. The number of aromatic nitrogens is 2. The lowest BCUT2D eigenvalue weighted by Crippen LogP contribution is -2.13. The Balaban J connectivity index is 1.90. The normalized spacial score (nSPS) is 13.8. The van der Waals surface area contributed by atoms with Crippen molar-refractivity contribution in [1.29, 1.82) is 0 Å². The number of methoxy groups -OCH3 is 1. The molecule has 0 unspecified atom stereocenters. The maximum absolute atomic E-state index is 5.78. The second-order valence-corrected chi connectivity index (χ2v) is 5.81. The first kappa shape index (κ1) is 14.1. The Morgan fingerprint density at radius 2 is 2.19 bits per heavy atom. The van der Waals surface area contributed by atoms with Gasteiger partial charge in [-0.05, 0) is 43.4 Å². The first-order valence-corrected chi connectivity index (χ1v) is 7.59. The minimum Gasteiger partial charge on any atom is -0.496 e. The van der Waals surface area contributed by atoms with Gasteiger partial charge in [-0.15, -0.1) is 0 Å². The molecule has 1 aliphatic rings. The summed E-state index contributed by atoms with van der Waals surface area (Å²) in [7, 11) is 1.63. The number of hydrogen-bond acceptors (Lipinski definition) is 3. The molecule has 1 aliphatic carbocycles. The molecule has 2 N–H and O–H groups in total. The van der Waals surface area contributed by atoms with Gasteiger partial charge in [-0.2, -0.15) is 0 Å². The highest BCUT2D eigenvalue weighted by molar-refractivity contribution is 7.80. The van der Waals surface area contributed by atoms with Crippen LogP contribution in [0.25, 0.3) is 0 Å². The van der Waals surface area contributed by atoms with E-state index in [1.54, 1.807) is 7.11 Å². The van der Waals surface area contributed by atoms with Crippen LogP contribution in [0.5, 0.6) is 5.75 Å². The van der Waals surface area contributed by atoms with Crippen LogP contribution in [0, 0.1) is 0 Å². The highest BCUT2D eigenvalue weighted by Crippen LogP contribution is 2.23. The molecule has 1 aromatic heterocycles. The highest BCUT2D eigenvalue weighted by Gasteiger charge is 2.15. The Kier molecular flexibility index (Phi) is 3.92. The maximum Gasteiger partial charge on any atom is 0.129 e. The van der Waals surface area contributed by atoms with Gasteiger partial charge in [-0.3, -0.25) is 0 Å². The number of imidazole rings is 1. The number of fused-ring (bicyclic) bond motifs is 1. The van der Waals surface area contributed by atoms with Gasteiger partial charge >= 0.3 is 0 Å². The molecule has 0 spiro atoms. The topological polar surface area (TPSA) is 53.1 Å². The lowest BCUT2D eigenvalue weighted by Gasteiger charge is -2.15. The Morgan fingerprint density at radius 3 is 2.95 bits per heavy atom. The van der Waals surface area contributed by atoms with E-state index in [1.807, 2.05) is 18.5 Å². The highest BCUT2D eigenvalue weighted by atomic mass is 32.1. The summed E-state index contributed by atoms with van der Waals surface area (Å²) >= 11 is 5.10. The van der Waals surface area contributed by atoms with E-state index in [0.29, 0.717) is 4.99 Å². The van der Waals surface area contributed by atoms with E-state index < -0.39 is 0 Å². The molecule has 0 atom stereocenters. The van der Waals surface area contributed by atoms with Crippen LogP contribution in [0.1, 0.15) is 35.4 Å². The third kappa shape index (κ3) is 2.78. The molecule has 2 aromatic rings. The molecule has 4 nitrogen and oxygen atoms in total. The van der Waals surface area contributed by atoms with Crippen molar-refractivity contribution in [2.45, 2.75) is 32.2 Å². The summed E-state index contributed by atoms with van der Waals surface area (Å²) in [6, 6.07) is 5.99. The largest absolute Gasteiger partial charge is 0.496 e. The summed E-state index contributed by atoms with van der Waals surface area (Å²) in [6.07, 6.45) is 6.66. The van der Waals surface area contributed by atoms with Crippen LogP contribution in [-0.4, -0.2) is 21.6 Å². The summed E-state index contributed by atoms with van der Waals surface area (Å²) in [5.41, 5.74) is 10.3. The summed E-state index contributed by atoms with van der Waals surface area (Å²) in [5.74, 6) is 0.721. The Bertz CT molecular complexity index is 678. The van der Waals surface area contributed by atoms with Crippen LogP contribution in [0.4, 0.5) is 0 Å². The van der Waals surface area contributed by atoms with Crippen LogP contribution >= 0.6 is 12.2 Å². The van der Waals surface area contributed by atoms with Crippen LogP contribution in [0.2, 0.25) is 0 Å². The van der Waals surface area contributed by atoms with E-state index in [1.165, 1.54) is 24.2 Å². The number of thiocarbonyl (C=S) groups is 1. The second-order valence-electron chi connectivity index (χ2n) is 5.37. The van der Waals surface area contributed by atoms with Crippen molar-refractivity contribution in [3.63, 3.8) is 0 Å². The van der Waals surface area contributed by atoms with Crippen LogP contribution in [-0.2, 0) is 19.4 Å². The first-order valence-electron chi connectivity index (χ1n) is 7.18. The number of nitrogens with zero attached hydrogens (tertiary/aromatic N) is 2. The molecule has 1 heterocycles. The Labute approximate surface area is 129 Å². The van der Waals surface area contributed by atoms with Crippen molar-refractivity contribution in [1.82, 2.24) is 9.55 Å². The number of ether oxygens (including phenoxy) is 1. The Hall–Kier alpha value is -1.88. The number of nitrogens with two attached hydrogens (primary N) is 1. The predicted octanol–water partition coefficient (Wildman–Crippen LogP) is 2.45. The smallest absolute Gasteiger partial charge is 0.129 e. The molecule has 1 aromatic carbocycles. The maximum atomic E-state index is 5.78. The molecule has 0 bridgehead atoms. The fourth-order valence-corrected chi connectivity index (χ4v) is 3.07. The van der Waals surface area contributed by atoms with Crippen molar-refractivity contribution in [2.24, 2.45) is 5.73 Å². The van der Waals surface area contributed by atoms with Gasteiger partial charge in [0, 0.05) is 12.2 Å². The predicted molar refractivity (Wildman–Crippen MR) is 86.9 cm³/mol. The van der Waals surface area contributed by atoms with Gasteiger partial charge in [0.1, 0.15) is 10.7 Å². The molecule has 0 radical (unpaired) electrons. The van der Waals surface area contributed by atoms with Crippen LogP contribution in [0.3, 0.4) is 0 Å². The Morgan fingerprint density at radius 1 is 1.38 bits per heavy atom. The summed E-state index contributed by atoms with van der Waals surface area (Å²) in [4.78, 5) is 4.89. The van der Waals surface area contributed by atoms with Crippen molar-refractivity contribution in [3.8, 4) is 5.75 Å². The van der Waals surface area contributed by atoms with Gasteiger partial charge in [0.2, 0.25) is 0 Å². The number of benzene rings is 1. The molecular weight excluding hydrogens is 282 g/mol. The van der Waals surface area contributed by atoms with E-state index in [-0.39, 0.29) is 0 Å². The molecule has 5 heteroatoms. The van der Waals surface area contributed by atoms with E-state index in [2.05, 4.69) is 15.6 Å². The van der Waals surface area contributed by atoms with E-state index in [0.717, 1.165) is 36.3 Å². The molecule has 3 rings (SSSR count). The summed E-state index contributed by atoms with van der Waals surface area (Å²) in [5, 5.41) is 0. The molecule has 0 aliphatic heterocycles. The first-order chi connectivity index (χ1) is 10.2. The molecule has 0 saturated carbocycles. The van der Waals surface area contributed by atoms with Gasteiger partial charge in [0.25, 0.3) is 0 Å². The van der Waals surface area contributed by atoms with Crippen LogP contribution < -0.4 is 10.5 Å².